The molecule has 2 heterocycles. The van der Waals surface area contributed by atoms with E-state index >= 15 is 0 Å². The number of aromatic nitrogens is 4. The molecular weight excluding hydrogens is 334 g/mol. The van der Waals surface area contributed by atoms with E-state index in [0.29, 0.717) is 19.1 Å². The van der Waals surface area contributed by atoms with Crippen molar-refractivity contribution < 1.29 is 0 Å². The van der Waals surface area contributed by atoms with Gasteiger partial charge in [0.1, 0.15) is 17.4 Å². The van der Waals surface area contributed by atoms with Gasteiger partial charge in [-0.3, -0.25) is 0 Å². The van der Waals surface area contributed by atoms with E-state index in [4.69, 9.17) is 4.99 Å². The van der Waals surface area contributed by atoms with Gasteiger partial charge in [-0.1, -0.05) is 19.8 Å². The Morgan fingerprint density at radius 3 is 2.80 bits per heavy atom. The first-order chi connectivity index (χ1) is 12.2. The summed E-state index contributed by atoms with van der Waals surface area (Å²) >= 11 is 1.76. The van der Waals surface area contributed by atoms with Gasteiger partial charge in [-0.15, -0.1) is 21.5 Å². The molecule has 0 saturated heterocycles. The van der Waals surface area contributed by atoms with Crippen LogP contribution in [0.2, 0.25) is 0 Å². The zero-order valence-electron chi connectivity index (χ0n) is 15.2. The maximum atomic E-state index is 4.72. The van der Waals surface area contributed by atoms with Gasteiger partial charge in [0.2, 0.25) is 0 Å². The van der Waals surface area contributed by atoms with Gasteiger partial charge in [-0.2, -0.15) is 0 Å². The van der Waals surface area contributed by atoms with Gasteiger partial charge in [0.05, 0.1) is 6.54 Å². The molecule has 1 aliphatic carbocycles. The van der Waals surface area contributed by atoms with Crippen LogP contribution in [0.5, 0.6) is 0 Å². The summed E-state index contributed by atoms with van der Waals surface area (Å²) in [6, 6.07) is 0.509. The van der Waals surface area contributed by atoms with Crippen LogP contribution in [0.1, 0.15) is 54.1 Å². The monoisotopic (exact) mass is 361 g/mol. The topological polar surface area (TPSA) is 80.0 Å². The van der Waals surface area contributed by atoms with Crippen LogP contribution >= 0.6 is 11.3 Å². The molecule has 3 rings (SSSR count). The molecule has 1 fully saturated rings. The highest BCUT2D eigenvalue weighted by atomic mass is 32.1. The highest BCUT2D eigenvalue weighted by molar-refractivity contribution is 7.11. The summed E-state index contributed by atoms with van der Waals surface area (Å²) in [5, 5.41) is 16.4. The zero-order chi connectivity index (χ0) is 17.6. The first-order valence-corrected chi connectivity index (χ1v) is 9.80. The fourth-order valence-electron chi connectivity index (χ4n) is 2.91. The van der Waals surface area contributed by atoms with Crippen LogP contribution in [0.15, 0.2) is 11.2 Å². The van der Waals surface area contributed by atoms with E-state index in [1.807, 2.05) is 24.7 Å². The summed E-state index contributed by atoms with van der Waals surface area (Å²) in [5.41, 5.74) is 0. The highest BCUT2D eigenvalue weighted by Crippen LogP contribution is 2.17. The second-order valence-corrected chi connectivity index (χ2v) is 7.64. The first-order valence-electron chi connectivity index (χ1n) is 8.99. The Bertz CT molecular complexity index is 712. The number of aryl methyl sites for hydroxylation is 2. The van der Waals surface area contributed by atoms with E-state index in [1.54, 1.807) is 11.3 Å². The largest absolute Gasteiger partial charge is 0.354 e. The van der Waals surface area contributed by atoms with E-state index in [0.717, 1.165) is 29.0 Å². The maximum absolute atomic E-state index is 4.72. The fraction of sp³-hybridized carbons (Fsp3) is 0.647. The lowest BCUT2D eigenvalue weighted by Crippen LogP contribution is -2.42. The average molecular weight is 362 g/mol. The molecule has 0 aliphatic heterocycles. The van der Waals surface area contributed by atoms with Gasteiger partial charge in [-0.05, 0) is 26.2 Å². The maximum Gasteiger partial charge on any atom is 0.192 e. The summed E-state index contributed by atoms with van der Waals surface area (Å²) in [5.74, 6) is 2.60. The van der Waals surface area contributed by atoms with Crippen LogP contribution in [-0.2, 0) is 26.6 Å². The average Bonchev–Trinajstić information content (AvgIpc) is 3.35. The normalized spacial score (nSPS) is 15.7. The van der Waals surface area contributed by atoms with Crippen LogP contribution in [0.25, 0.3) is 0 Å². The Morgan fingerprint density at radius 2 is 2.16 bits per heavy atom. The Hall–Kier alpha value is -1.96. The van der Waals surface area contributed by atoms with Crippen molar-refractivity contribution in [1.29, 1.82) is 0 Å². The van der Waals surface area contributed by atoms with E-state index in [2.05, 4.69) is 32.7 Å². The van der Waals surface area contributed by atoms with Gasteiger partial charge in [0, 0.05) is 24.2 Å². The summed E-state index contributed by atoms with van der Waals surface area (Å²) in [6.07, 6.45) is 8.00. The molecule has 0 bridgehead atoms. The van der Waals surface area contributed by atoms with E-state index in [1.165, 1.54) is 30.6 Å². The molecule has 1 aliphatic rings. The molecule has 7 nitrogen and oxygen atoms in total. The molecule has 0 atom stereocenters. The number of nitrogens with zero attached hydrogens (tertiary/aromatic N) is 5. The molecule has 2 N–H and O–H groups in total. The molecule has 0 radical (unpaired) electrons. The molecule has 1 saturated carbocycles. The number of rotatable bonds is 6. The first kappa shape index (κ1) is 17.8. The number of hydrogen-bond donors (Lipinski definition) is 2. The summed E-state index contributed by atoms with van der Waals surface area (Å²) < 4.78 is 1.98. The standard InChI is InChI=1S/C17H27N7S/c1-4-14-9-18-16(25-14)11-20-17(21-13-7-5-6-8-13)19-10-15-23-22-12(2)24(15)3/h9,13H,4-8,10-11H2,1-3H3,(H2,19,20,21). The lowest BCUT2D eigenvalue weighted by Gasteiger charge is -2.17. The van der Waals surface area contributed by atoms with Crippen molar-refractivity contribution in [1.82, 2.24) is 30.4 Å². The molecule has 0 spiro atoms. The van der Waals surface area contributed by atoms with Crippen molar-refractivity contribution in [3.63, 3.8) is 0 Å². The molecule has 0 amide bonds. The van der Waals surface area contributed by atoms with Crippen molar-refractivity contribution >= 4 is 17.3 Å². The number of nitrogens with one attached hydrogen (secondary N) is 2. The molecule has 0 unspecified atom stereocenters. The lowest BCUT2D eigenvalue weighted by molar-refractivity contribution is 0.609. The van der Waals surface area contributed by atoms with E-state index < -0.39 is 0 Å². The predicted molar refractivity (Wildman–Crippen MR) is 101 cm³/mol. The van der Waals surface area contributed by atoms with Crippen LogP contribution < -0.4 is 10.6 Å². The van der Waals surface area contributed by atoms with Gasteiger partial charge < -0.3 is 15.2 Å². The third-order valence-corrected chi connectivity index (χ3v) is 5.76. The van der Waals surface area contributed by atoms with Gasteiger partial charge in [0.15, 0.2) is 11.8 Å². The van der Waals surface area contributed by atoms with Gasteiger partial charge >= 0.3 is 0 Å². The third kappa shape index (κ3) is 4.78. The van der Waals surface area contributed by atoms with Crippen molar-refractivity contribution in [3.05, 3.63) is 27.7 Å². The van der Waals surface area contributed by atoms with E-state index in [-0.39, 0.29) is 0 Å². The fourth-order valence-corrected chi connectivity index (χ4v) is 3.71. The summed E-state index contributed by atoms with van der Waals surface area (Å²) in [6.45, 7) is 5.31. The second-order valence-electron chi connectivity index (χ2n) is 6.44. The van der Waals surface area contributed by atoms with Crippen LogP contribution in [0, 0.1) is 6.92 Å². The molecular formula is C17H27N7S. The van der Waals surface area contributed by atoms with Crippen LogP contribution in [0.4, 0.5) is 0 Å². The molecule has 0 aromatic carbocycles. The Morgan fingerprint density at radius 1 is 1.36 bits per heavy atom. The highest BCUT2D eigenvalue weighted by Gasteiger charge is 2.16. The van der Waals surface area contributed by atoms with Gasteiger partial charge in [-0.25, -0.2) is 9.98 Å². The molecule has 136 valence electrons. The van der Waals surface area contributed by atoms with Crippen molar-refractivity contribution in [2.45, 2.75) is 65.1 Å². The number of aliphatic imine (C=N–C) groups is 1. The lowest BCUT2D eigenvalue weighted by atomic mass is 10.2. The molecule has 25 heavy (non-hydrogen) atoms. The SMILES string of the molecule is CCc1cnc(CNC(=NCc2nnc(C)n2C)NC2CCCC2)s1. The molecule has 2 aromatic heterocycles. The van der Waals surface area contributed by atoms with Crippen LogP contribution in [0.3, 0.4) is 0 Å². The Balaban J connectivity index is 1.65. The zero-order valence-corrected chi connectivity index (χ0v) is 16.1. The summed E-state index contributed by atoms with van der Waals surface area (Å²) in [7, 11) is 1.97. The quantitative estimate of drug-likeness (QED) is 0.610. The van der Waals surface area contributed by atoms with Crippen molar-refractivity contribution in [3.8, 4) is 0 Å². The molecule has 8 heteroatoms. The van der Waals surface area contributed by atoms with Gasteiger partial charge in [0.25, 0.3) is 0 Å². The minimum Gasteiger partial charge on any atom is -0.354 e. The second kappa shape index (κ2) is 8.42. The van der Waals surface area contributed by atoms with Crippen LogP contribution in [-0.4, -0.2) is 31.7 Å². The summed E-state index contributed by atoms with van der Waals surface area (Å²) in [4.78, 5) is 10.5. The number of guanidine groups is 1. The Kier molecular flexibility index (Phi) is 6.01. The smallest absolute Gasteiger partial charge is 0.192 e. The molecule has 2 aromatic rings. The number of hydrogen-bond acceptors (Lipinski definition) is 5. The van der Waals surface area contributed by atoms with Crippen molar-refractivity contribution in [2.75, 3.05) is 0 Å². The Labute approximate surface area is 153 Å². The third-order valence-electron chi connectivity index (χ3n) is 4.61. The minimum absolute atomic E-state index is 0.509. The van der Waals surface area contributed by atoms with E-state index in [9.17, 15) is 0 Å². The predicted octanol–water partition coefficient (Wildman–Crippen LogP) is 2.32. The number of thiazole rings is 1. The van der Waals surface area contributed by atoms with Crippen molar-refractivity contribution in [2.24, 2.45) is 12.0 Å². The minimum atomic E-state index is 0.509.